The third-order valence-corrected chi connectivity index (χ3v) is 17.9. The molecule has 0 radical (unpaired) electrons. The molecule has 16 nitrogen and oxygen atoms in total. The second-order valence-corrected chi connectivity index (χ2v) is 25.1. The maximum Gasteiger partial charge on any atom is 0.236 e. The number of imide groups is 2. The number of fused-ring (bicyclic) bond motifs is 10. The molecule has 4 fully saturated rings. The molecule has 4 aromatic rings. The van der Waals surface area contributed by atoms with Crippen molar-refractivity contribution < 1.29 is 68.0 Å². The lowest BCUT2D eigenvalue weighted by molar-refractivity contribution is -0.149. The molecule has 0 saturated carbocycles. The van der Waals surface area contributed by atoms with Gasteiger partial charge in [0.1, 0.15) is 59.6 Å². The molecule has 4 N–H and O–H groups in total. The lowest BCUT2D eigenvalue weighted by Crippen LogP contribution is -2.46. The van der Waals surface area contributed by atoms with Crippen molar-refractivity contribution in [3.8, 4) is 23.0 Å². The van der Waals surface area contributed by atoms with E-state index in [-0.39, 0.29) is 92.6 Å². The van der Waals surface area contributed by atoms with Gasteiger partial charge in [-0.2, -0.15) is 0 Å². The molecule has 4 amide bonds. The normalized spacial score (nSPS) is 26.6. The standard InChI is InChI=1S/C65H78N2O14/c1-36(21-24-66-58(72)52-50-20-23-65(81-50,55(52)61(66)75)53(41-25-37(2)56(70)38(3)26-41)42-27-39(4)57(71)40(5)28-42)29-62(6,7)34-67-59(73)51-49-19-22-64(80-49,54(51)60(67)74)35-77-31-46(69)33-79-48-17-13-44(14-18-48)63(8,9)43-11-15-47(16-12-43)78-32-45(68)30-76-10/h11-20,22-23,25-28,36,45-46,49-55,68-71H,21,24,29-35H2,1-10H3. The Labute approximate surface area is 474 Å². The van der Waals surface area contributed by atoms with Crippen LogP contribution in [0, 0.1) is 62.7 Å². The monoisotopic (exact) mass is 1110 g/mol. The highest BCUT2D eigenvalue weighted by atomic mass is 16.6. The van der Waals surface area contributed by atoms with E-state index in [2.05, 4.69) is 20.8 Å². The van der Waals surface area contributed by atoms with Crippen molar-refractivity contribution in [1.82, 2.24) is 9.80 Å². The summed E-state index contributed by atoms with van der Waals surface area (Å²) in [5.74, 6) is -3.05. The van der Waals surface area contributed by atoms with E-state index in [1.807, 2.05) is 139 Å². The summed E-state index contributed by atoms with van der Waals surface area (Å²) in [4.78, 5) is 60.5. The Balaban J connectivity index is 0.718. The van der Waals surface area contributed by atoms with Gasteiger partial charge in [0.2, 0.25) is 23.6 Å². The molecule has 0 aromatic heterocycles. The molecule has 81 heavy (non-hydrogen) atoms. The number of amides is 4. The average Bonchev–Trinajstić information content (AvgIpc) is 3.31. The zero-order valence-corrected chi connectivity index (χ0v) is 48.1. The molecule has 432 valence electrons. The summed E-state index contributed by atoms with van der Waals surface area (Å²) in [6.07, 6.45) is 5.73. The molecule has 6 aliphatic rings. The van der Waals surface area contributed by atoms with Crippen LogP contribution in [0.4, 0.5) is 0 Å². The number of benzene rings is 4. The van der Waals surface area contributed by atoms with Crippen molar-refractivity contribution in [1.29, 1.82) is 0 Å². The Kier molecular flexibility index (Phi) is 15.7. The van der Waals surface area contributed by atoms with E-state index in [1.165, 1.54) is 16.9 Å². The first-order valence-corrected chi connectivity index (χ1v) is 28.3. The van der Waals surface area contributed by atoms with Gasteiger partial charge in [0.25, 0.3) is 0 Å². The fraction of sp³-hybridized carbons (Fsp3) is 0.508. The second kappa shape index (κ2) is 22.1. The minimum Gasteiger partial charge on any atom is -0.507 e. The number of methoxy groups -OCH3 is 1. The molecule has 0 aliphatic carbocycles. The molecular formula is C65H78N2O14. The number of phenols is 2. The Hall–Kier alpha value is -6.40. The highest BCUT2D eigenvalue weighted by Crippen LogP contribution is 2.60. The summed E-state index contributed by atoms with van der Waals surface area (Å²) >= 11 is 0. The van der Waals surface area contributed by atoms with Crippen LogP contribution in [0.3, 0.4) is 0 Å². The second-order valence-electron chi connectivity index (χ2n) is 25.1. The topological polar surface area (TPSA) is 211 Å². The van der Waals surface area contributed by atoms with Crippen LogP contribution in [-0.2, 0) is 43.5 Å². The highest BCUT2D eigenvalue weighted by Gasteiger charge is 2.70. The van der Waals surface area contributed by atoms with Gasteiger partial charge in [-0.25, -0.2) is 0 Å². The predicted octanol–water partition coefficient (Wildman–Crippen LogP) is 7.69. The molecule has 11 unspecified atom stereocenters. The number of carbonyl (C=O) groups is 4. The van der Waals surface area contributed by atoms with Gasteiger partial charge in [-0.3, -0.25) is 29.0 Å². The number of aliphatic hydroxyl groups excluding tert-OH is 2. The van der Waals surface area contributed by atoms with Crippen LogP contribution in [0.15, 0.2) is 97.1 Å². The Bertz CT molecular complexity index is 3030. The fourth-order valence-corrected chi connectivity index (χ4v) is 14.0. The van der Waals surface area contributed by atoms with E-state index in [9.17, 15) is 39.6 Å². The summed E-state index contributed by atoms with van der Waals surface area (Å²) in [7, 11) is 1.53. The lowest BCUT2D eigenvalue weighted by Gasteiger charge is -2.38. The van der Waals surface area contributed by atoms with Gasteiger partial charge in [0.05, 0.1) is 55.7 Å². The van der Waals surface area contributed by atoms with E-state index < -0.39 is 70.6 Å². The zero-order chi connectivity index (χ0) is 58.1. The molecule has 11 atom stereocenters. The number of nitrogens with zero attached hydrogens (tertiary/aromatic N) is 2. The Morgan fingerprint density at radius 2 is 1.11 bits per heavy atom. The SMILES string of the molecule is COCC(O)COc1ccc(C(C)(C)c2ccc(OCC(O)COCC34C=CC(O3)C3C(=O)N(CC(C)(C)CC(C)CCN5C(=O)C6C7C=CC(C(c8cc(C)c(O)c(C)c8)c8cc(C)c(O)c(C)c8)(O7)C6C5=O)C(=O)C34)cc2)cc1. The van der Waals surface area contributed by atoms with Crippen LogP contribution in [0.25, 0.3) is 0 Å². The van der Waals surface area contributed by atoms with Gasteiger partial charge in [-0.05, 0) is 121 Å². The van der Waals surface area contributed by atoms with Crippen LogP contribution in [-0.4, -0.2) is 143 Å². The molecule has 4 bridgehead atoms. The first kappa shape index (κ1) is 57.8. The number of carbonyl (C=O) groups excluding carboxylic acids is 4. The fourth-order valence-electron chi connectivity index (χ4n) is 14.0. The summed E-state index contributed by atoms with van der Waals surface area (Å²) in [6, 6.07) is 23.1. The number of aromatic hydroxyl groups is 2. The molecule has 10 rings (SSSR count). The summed E-state index contributed by atoms with van der Waals surface area (Å²) in [5.41, 5.74) is 3.26. The average molecular weight is 1110 g/mol. The number of hydrogen-bond acceptors (Lipinski definition) is 14. The van der Waals surface area contributed by atoms with Crippen LogP contribution in [0.1, 0.15) is 97.9 Å². The minimum atomic E-state index is -1.20. The summed E-state index contributed by atoms with van der Waals surface area (Å²) < 4.78 is 35.8. The van der Waals surface area contributed by atoms with Gasteiger partial charge in [-0.15, -0.1) is 0 Å². The van der Waals surface area contributed by atoms with Crippen LogP contribution in [0.2, 0.25) is 0 Å². The van der Waals surface area contributed by atoms with Crippen LogP contribution < -0.4 is 9.47 Å². The predicted molar refractivity (Wildman–Crippen MR) is 301 cm³/mol. The van der Waals surface area contributed by atoms with Crippen molar-refractivity contribution in [3.05, 3.63) is 142 Å². The number of ether oxygens (including phenoxy) is 6. The Morgan fingerprint density at radius 1 is 0.630 bits per heavy atom. The molecule has 4 aromatic carbocycles. The van der Waals surface area contributed by atoms with Crippen LogP contribution >= 0.6 is 0 Å². The van der Waals surface area contributed by atoms with Gasteiger partial charge >= 0.3 is 0 Å². The zero-order valence-electron chi connectivity index (χ0n) is 48.1. The number of hydrogen-bond donors (Lipinski definition) is 4. The van der Waals surface area contributed by atoms with Gasteiger partial charge in [0, 0.05) is 31.5 Å². The quantitative estimate of drug-likeness (QED) is 0.0392. The third kappa shape index (κ3) is 10.6. The molecule has 0 spiro atoms. The van der Waals surface area contributed by atoms with Crippen molar-refractivity contribution in [2.45, 2.75) is 122 Å². The number of rotatable bonds is 24. The van der Waals surface area contributed by atoms with Gasteiger partial charge < -0.3 is 48.8 Å². The highest BCUT2D eigenvalue weighted by molar-refractivity contribution is 6.08. The van der Waals surface area contributed by atoms with E-state index >= 15 is 0 Å². The number of aliphatic hydroxyl groups is 2. The third-order valence-electron chi connectivity index (χ3n) is 17.9. The maximum atomic E-state index is 14.8. The largest absolute Gasteiger partial charge is 0.507 e. The first-order valence-electron chi connectivity index (χ1n) is 28.3. The molecular weight excluding hydrogens is 1030 g/mol. The van der Waals surface area contributed by atoms with Crippen molar-refractivity contribution in [3.63, 3.8) is 0 Å². The first-order chi connectivity index (χ1) is 38.4. The molecule has 6 aliphatic heterocycles. The van der Waals surface area contributed by atoms with Gasteiger partial charge in [0.15, 0.2) is 0 Å². The number of likely N-dealkylation sites (tertiary alicyclic amines) is 2. The molecule has 6 heterocycles. The van der Waals surface area contributed by atoms with Crippen molar-refractivity contribution >= 4 is 23.6 Å². The maximum absolute atomic E-state index is 14.8. The molecule has 4 saturated heterocycles. The summed E-state index contributed by atoms with van der Waals surface area (Å²) in [6.45, 7) is 18.2. The lowest BCUT2D eigenvalue weighted by atomic mass is 9.66. The minimum absolute atomic E-state index is 0.000135. The smallest absolute Gasteiger partial charge is 0.236 e. The van der Waals surface area contributed by atoms with E-state index in [0.717, 1.165) is 22.3 Å². The van der Waals surface area contributed by atoms with Crippen LogP contribution in [0.5, 0.6) is 23.0 Å². The Morgan fingerprint density at radius 3 is 1.65 bits per heavy atom. The number of aryl methyl sites for hydroxylation is 4. The summed E-state index contributed by atoms with van der Waals surface area (Å²) in [5, 5.41) is 42.4. The van der Waals surface area contributed by atoms with Crippen molar-refractivity contribution in [2.24, 2.45) is 35.0 Å². The van der Waals surface area contributed by atoms with E-state index in [4.69, 9.17) is 28.4 Å². The van der Waals surface area contributed by atoms with E-state index in [0.29, 0.717) is 46.6 Å². The molecule has 16 heteroatoms. The van der Waals surface area contributed by atoms with Gasteiger partial charge in [-0.1, -0.05) is 107 Å². The van der Waals surface area contributed by atoms with Crippen molar-refractivity contribution in [2.75, 3.05) is 53.2 Å². The number of phenolic OH excluding ortho intramolecular Hbond substituents is 2. The van der Waals surface area contributed by atoms with E-state index in [1.54, 1.807) is 0 Å².